The van der Waals surface area contributed by atoms with Crippen molar-refractivity contribution in [3.8, 4) is 0 Å². The van der Waals surface area contributed by atoms with E-state index < -0.39 is 58.8 Å². The van der Waals surface area contributed by atoms with E-state index in [1.165, 1.54) is 33.3 Å². The molecule has 0 aromatic carbocycles. The average molecular weight is 505 g/mol. The highest BCUT2D eigenvalue weighted by Gasteiger charge is 2.81. The summed E-state index contributed by atoms with van der Waals surface area (Å²) in [4.78, 5) is 50.5. The molecule has 0 unspecified atom stereocenters. The highest BCUT2D eigenvalue weighted by atomic mass is 16.7. The van der Waals surface area contributed by atoms with Gasteiger partial charge in [0.2, 0.25) is 6.29 Å². The summed E-state index contributed by atoms with van der Waals surface area (Å²) < 4.78 is 34.6. The molecule has 8 atom stereocenters. The molecular weight excluding hydrogens is 472 g/mol. The average Bonchev–Trinajstić information content (AvgIpc) is 3.28. The molecule has 10 nitrogen and oxygen atoms in total. The van der Waals surface area contributed by atoms with E-state index in [0.717, 1.165) is 6.42 Å². The number of hydrogen-bond acceptors (Lipinski definition) is 10. The van der Waals surface area contributed by atoms with Crippen LogP contribution in [0.2, 0.25) is 0 Å². The Kier molecular flexibility index (Phi) is 6.02. The first-order chi connectivity index (χ1) is 17.1. The number of epoxide rings is 1. The smallest absolute Gasteiger partial charge is 0.304 e. The maximum atomic E-state index is 14.2. The molecule has 196 valence electrons. The van der Waals surface area contributed by atoms with Crippen LogP contribution < -0.4 is 0 Å². The van der Waals surface area contributed by atoms with Crippen molar-refractivity contribution < 1.29 is 47.3 Å². The molecule has 3 heterocycles. The highest BCUT2D eigenvalue weighted by Crippen LogP contribution is 2.72. The summed E-state index contributed by atoms with van der Waals surface area (Å²) in [6.45, 7) is 6.08. The summed E-state index contributed by atoms with van der Waals surface area (Å²) in [6.07, 6.45) is 2.57. The lowest BCUT2D eigenvalue weighted by molar-refractivity contribution is -0.213. The van der Waals surface area contributed by atoms with Crippen molar-refractivity contribution in [1.82, 2.24) is 0 Å². The fourth-order valence-corrected chi connectivity index (χ4v) is 7.33. The van der Waals surface area contributed by atoms with Gasteiger partial charge in [0.25, 0.3) is 0 Å². The van der Waals surface area contributed by atoms with E-state index in [0.29, 0.717) is 25.0 Å². The number of esters is 3. The van der Waals surface area contributed by atoms with E-state index in [4.69, 9.17) is 28.1 Å². The Balaban J connectivity index is 1.67. The summed E-state index contributed by atoms with van der Waals surface area (Å²) in [7, 11) is 0. The van der Waals surface area contributed by atoms with Gasteiger partial charge >= 0.3 is 17.9 Å². The molecule has 2 aliphatic carbocycles. The third kappa shape index (κ3) is 3.52. The molecule has 2 saturated heterocycles. The van der Waals surface area contributed by atoms with Gasteiger partial charge in [-0.25, -0.2) is 0 Å². The van der Waals surface area contributed by atoms with Crippen molar-refractivity contribution in [1.29, 1.82) is 0 Å². The van der Waals surface area contributed by atoms with Crippen molar-refractivity contribution in [2.45, 2.75) is 77.5 Å². The van der Waals surface area contributed by atoms with E-state index in [1.807, 2.05) is 6.92 Å². The van der Waals surface area contributed by atoms with Crippen molar-refractivity contribution in [3.05, 3.63) is 24.2 Å². The fourth-order valence-electron chi connectivity index (χ4n) is 7.33. The van der Waals surface area contributed by atoms with Crippen LogP contribution in [0.4, 0.5) is 0 Å². The van der Waals surface area contributed by atoms with E-state index in [2.05, 4.69) is 0 Å². The maximum Gasteiger partial charge on any atom is 0.304 e. The minimum absolute atomic E-state index is 0.142. The molecule has 5 rings (SSSR count). The number of fused-ring (bicyclic) bond motifs is 5. The lowest BCUT2D eigenvalue weighted by Crippen LogP contribution is -2.68. The molecule has 0 N–H and O–H groups in total. The molecule has 2 aliphatic heterocycles. The number of furan rings is 1. The number of carbonyl (C=O) groups excluding carboxylic acids is 4. The summed E-state index contributed by atoms with van der Waals surface area (Å²) in [5.41, 5.74) is -2.22. The predicted octanol–water partition coefficient (Wildman–Crippen LogP) is 2.89. The zero-order valence-corrected chi connectivity index (χ0v) is 20.9. The van der Waals surface area contributed by atoms with Gasteiger partial charge in [0.1, 0.15) is 29.8 Å². The van der Waals surface area contributed by atoms with Crippen LogP contribution >= 0.6 is 0 Å². The van der Waals surface area contributed by atoms with Crippen LogP contribution in [0.15, 0.2) is 23.0 Å². The summed E-state index contributed by atoms with van der Waals surface area (Å²) >= 11 is 0. The highest BCUT2D eigenvalue weighted by molar-refractivity contribution is 5.94. The third-order valence-electron chi connectivity index (χ3n) is 8.87. The van der Waals surface area contributed by atoms with Crippen molar-refractivity contribution in [2.75, 3.05) is 13.2 Å². The molecule has 0 amide bonds. The van der Waals surface area contributed by atoms with Gasteiger partial charge in [-0.1, -0.05) is 13.3 Å². The zero-order chi connectivity index (χ0) is 25.9. The quantitative estimate of drug-likeness (QED) is 0.310. The second-order valence-corrected chi connectivity index (χ2v) is 10.6. The van der Waals surface area contributed by atoms with Crippen LogP contribution in [-0.2, 0) is 42.9 Å². The monoisotopic (exact) mass is 504 g/mol. The normalized spacial score (nSPS) is 39.3. The minimum Gasteiger partial charge on any atom is -0.472 e. The topological polar surface area (TPSA) is 131 Å². The lowest BCUT2D eigenvalue weighted by atomic mass is 9.43. The van der Waals surface area contributed by atoms with Crippen molar-refractivity contribution >= 4 is 23.7 Å². The Morgan fingerprint density at radius 1 is 1.17 bits per heavy atom. The van der Waals surface area contributed by atoms with Gasteiger partial charge in [-0.3, -0.25) is 19.2 Å². The van der Waals surface area contributed by atoms with Gasteiger partial charge in [0.05, 0.1) is 19.1 Å². The Labute approximate surface area is 208 Å². The SMILES string of the molecule is CC(=O)OC[C@@]12C(=O)[C@H]3O[C@@H](OC(C)=O)[C@](C[C@H](OC(C)=O)c4ccoc4)([C@@H]3C)[C@H]1CCC[C@]21CO1. The predicted molar refractivity (Wildman–Crippen MR) is 120 cm³/mol. The van der Waals surface area contributed by atoms with Crippen LogP contribution in [0.1, 0.15) is 65.0 Å². The van der Waals surface area contributed by atoms with Crippen molar-refractivity contribution in [2.24, 2.45) is 22.7 Å². The molecule has 1 aromatic rings. The van der Waals surface area contributed by atoms with Gasteiger partial charge in [-0.2, -0.15) is 0 Å². The van der Waals surface area contributed by atoms with Crippen LogP contribution in [0.5, 0.6) is 0 Å². The standard InChI is InChI=1S/C26H32O10/c1-14-21-22(30)26(13-32-15(2)27)20(6-5-8-24(26)12-33-24)25(14,23(36-21)35-17(4)29)10-19(34-16(3)28)18-7-9-31-11-18/h7,9,11,14,19-21,23H,5-6,8,10,12-13H2,1-4H3/t14-,19+,20-,21+,23-,24+,25-,26+/m1/s1. The number of rotatable bonds is 7. The van der Waals surface area contributed by atoms with E-state index in [-0.39, 0.29) is 24.7 Å². The first-order valence-electron chi connectivity index (χ1n) is 12.4. The van der Waals surface area contributed by atoms with Gasteiger partial charge in [0, 0.05) is 44.1 Å². The molecule has 10 heteroatoms. The number of ketones is 1. The molecule has 2 saturated carbocycles. The molecule has 4 fully saturated rings. The van der Waals surface area contributed by atoms with Gasteiger partial charge in [-0.05, 0) is 24.8 Å². The number of carbonyl (C=O) groups is 4. The van der Waals surface area contributed by atoms with Gasteiger partial charge in [-0.15, -0.1) is 0 Å². The Hall–Kier alpha value is -2.72. The molecule has 4 aliphatic rings. The fraction of sp³-hybridized carbons (Fsp3) is 0.692. The summed E-state index contributed by atoms with van der Waals surface area (Å²) in [6, 6.07) is 1.72. The minimum atomic E-state index is -1.17. The molecular formula is C26H32O10. The van der Waals surface area contributed by atoms with E-state index in [9.17, 15) is 19.2 Å². The second kappa shape index (κ2) is 8.69. The van der Waals surface area contributed by atoms with Crippen LogP contribution in [0.3, 0.4) is 0 Å². The van der Waals surface area contributed by atoms with E-state index >= 15 is 0 Å². The summed E-state index contributed by atoms with van der Waals surface area (Å²) in [5, 5.41) is 0. The number of hydrogen-bond donors (Lipinski definition) is 0. The number of ether oxygens (including phenoxy) is 5. The Bertz CT molecular complexity index is 1060. The van der Waals surface area contributed by atoms with Crippen LogP contribution in [0, 0.1) is 22.7 Å². The summed E-state index contributed by atoms with van der Waals surface area (Å²) in [5.74, 6) is -2.49. The first-order valence-corrected chi connectivity index (χ1v) is 12.4. The molecule has 1 spiro atoms. The number of Topliss-reactive ketones (excluding diaryl/α,β-unsaturated/α-hetero) is 1. The third-order valence-corrected chi connectivity index (χ3v) is 8.87. The molecule has 2 bridgehead atoms. The molecule has 0 radical (unpaired) electrons. The van der Waals surface area contributed by atoms with Crippen molar-refractivity contribution in [3.63, 3.8) is 0 Å². The van der Waals surface area contributed by atoms with Crippen LogP contribution in [0.25, 0.3) is 0 Å². The van der Waals surface area contributed by atoms with Crippen LogP contribution in [-0.4, -0.2) is 54.9 Å². The Morgan fingerprint density at radius 2 is 1.92 bits per heavy atom. The maximum absolute atomic E-state index is 14.2. The largest absolute Gasteiger partial charge is 0.472 e. The zero-order valence-electron chi connectivity index (χ0n) is 20.9. The van der Waals surface area contributed by atoms with Gasteiger partial charge in [0.15, 0.2) is 5.78 Å². The molecule has 1 aromatic heterocycles. The lowest BCUT2D eigenvalue weighted by Gasteiger charge is -2.58. The van der Waals surface area contributed by atoms with Gasteiger partial charge < -0.3 is 28.1 Å². The second-order valence-electron chi connectivity index (χ2n) is 10.6. The Morgan fingerprint density at radius 3 is 2.50 bits per heavy atom. The first kappa shape index (κ1) is 25.0. The van der Waals surface area contributed by atoms with E-state index in [1.54, 1.807) is 6.07 Å². The molecule has 36 heavy (non-hydrogen) atoms.